The second-order valence-electron chi connectivity index (χ2n) is 4.33. The zero-order valence-corrected chi connectivity index (χ0v) is 12.8. The third-order valence-electron chi connectivity index (χ3n) is 1.86. The van der Waals surface area contributed by atoms with E-state index >= 15 is 0 Å². The van der Waals surface area contributed by atoms with Crippen LogP contribution in [0.25, 0.3) is 0 Å². The van der Waals surface area contributed by atoms with Gasteiger partial charge in [0.1, 0.15) is 5.60 Å². The Morgan fingerprint density at radius 2 is 1.73 bits per heavy atom. The maximum absolute atomic E-state index is 11.5. The van der Waals surface area contributed by atoms with Crippen molar-refractivity contribution in [2.75, 3.05) is 13.1 Å². The van der Waals surface area contributed by atoms with Gasteiger partial charge in [-0.1, -0.05) is 0 Å². The van der Waals surface area contributed by atoms with Crippen molar-refractivity contribution in [1.82, 2.24) is 4.90 Å². The monoisotopic (exact) mass is 287 g/mol. The number of hydrogen-bond donors (Lipinski definition) is 0. The van der Waals surface area contributed by atoms with Crippen molar-refractivity contribution < 1.29 is 26.5 Å². The molecular weight excluding hydrogens is 270 g/mol. The van der Waals surface area contributed by atoms with Crippen LogP contribution in [0.3, 0.4) is 0 Å². The van der Waals surface area contributed by atoms with Crippen LogP contribution in [0.1, 0.15) is 33.6 Å². The zero-order valence-electron chi connectivity index (χ0n) is 9.75. The number of likely N-dealkylation sites (tertiary alicyclic amines) is 1. The predicted molar refractivity (Wildman–Crippen MR) is 57.1 cm³/mol. The third kappa shape index (κ3) is 7.41. The normalized spacial score (nSPS) is 16.1. The van der Waals surface area contributed by atoms with E-state index in [9.17, 15) is 4.79 Å². The SMILES string of the molecule is CC(C)(C)OC(=O)N1CC[CH-]CC1.[Br-].[Mg+2]. The van der Waals surface area contributed by atoms with Gasteiger partial charge < -0.3 is 33.0 Å². The van der Waals surface area contributed by atoms with E-state index in [1.165, 1.54) is 0 Å². The number of halogens is 1. The van der Waals surface area contributed by atoms with Gasteiger partial charge in [-0.3, -0.25) is 0 Å². The summed E-state index contributed by atoms with van der Waals surface area (Å²) >= 11 is 0. The van der Waals surface area contributed by atoms with Gasteiger partial charge >= 0.3 is 29.1 Å². The van der Waals surface area contributed by atoms with Gasteiger partial charge in [0.15, 0.2) is 0 Å². The first-order valence-electron chi connectivity index (χ1n) is 4.78. The minimum atomic E-state index is -0.377. The van der Waals surface area contributed by atoms with Gasteiger partial charge in [0, 0.05) is 0 Å². The van der Waals surface area contributed by atoms with E-state index < -0.39 is 0 Å². The van der Waals surface area contributed by atoms with Crippen molar-refractivity contribution in [1.29, 1.82) is 0 Å². The molecule has 1 aliphatic rings. The van der Waals surface area contributed by atoms with E-state index in [4.69, 9.17) is 4.74 Å². The number of amides is 1. The molecule has 0 N–H and O–H groups in total. The number of rotatable bonds is 0. The molecule has 1 amide bonds. The second kappa shape index (κ2) is 7.73. The van der Waals surface area contributed by atoms with Gasteiger partial charge in [-0.25, -0.2) is 4.79 Å². The molecule has 0 aromatic rings. The average molecular weight is 288 g/mol. The topological polar surface area (TPSA) is 29.5 Å². The molecule has 0 radical (unpaired) electrons. The minimum absolute atomic E-state index is 0. The van der Waals surface area contributed by atoms with Crippen LogP contribution >= 0.6 is 0 Å². The average Bonchev–Trinajstić information content (AvgIpc) is 2.03. The van der Waals surface area contributed by atoms with Gasteiger partial charge in [-0.2, -0.15) is 12.8 Å². The molecule has 1 aliphatic heterocycles. The molecular formula is C10H18BrMgNO2. The Labute approximate surface area is 119 Å². The number of ether oxygens (including phenoxy) is 1. The molecule has 0 atom stereocenters. The minimum Gasteiger partial charge on any atom is -1.00 e. The van der Waals surface area contributed by atoms with E-state index in [0.29, 0.717) is 0 Å². The fourth-order valence-electron chi connectivity index (χ4n) is 1.26. The molecule has 0 aliphatic carbocycles. The molecule has 1 rings (SSSR count). The molecule has 0 spiro atoms. The number of piperidine rings is 1. The van der Waals surface area contributed by atoms with E-state index in [1.807, 2.05) is 20.8 Å². The molecule has 1 saturated heterocycles. The molecule has 0 unspecified atom stereocenters. The van der Waals surface area contributed by atoms with Crippen molar-refractivity contribution in [3.63, 3.8) is 0 Å². The Kier molecular flexibility index (Phi) is 9.23. The summed E-state index contributed by atoms with van der Waals surface area (Å²) in [4.78, 5) is 13.3. The Morgan fingerprint density at radius 1 is 1.27 bits per heavy atom. The summed E-state index contributed by atoms with van der Waals surface area (Å²) in [7, 11) is 0. The Balaban J connectivity index is 0. The molecule has 1 fully saturated rings. The van der Waals surface area contributed by atoms with Crippen molar-refractivity contribution in [3.8, 4) is 0 Å². The van der Waals surface area contributed by atoms with Crippen LogP contribution in [-0.2, 0) is 4.74 Å². The molecule has 3 nitrogen and oxygen atoms in total. The van der Waals surface area contributed by atoms with Crippen molar-refractivity contribution in [2.45, 2.75) is 39.2 Å². The molecule has 15 heavy (non-hydrogen) atoms. The standard InChI is InChI=1S/C10H18NO2.BrH.Mg/c1-10(2,3)13-9(12)11-7-5-4-6-8-11;;/h4H,5-8H2,1-3H3;1H;/q-1;;+2/p-1. The molecule has 5 heteroatoms. The van der Waals surface area contributed by atoms with Crippen LogP contribution in [0, 0.1) is 6.42 Å². The molecule has 1 heterocycles. The summed E-state index contributed by atoms with van der Waals surface area (Å²) < 4.78 is 5.25. The van der Waals surface area contributed by atoms with Crippen LogP contribution in [0.2, 0.25) is 0 Å². The number of hydrogen-bond acceptors (Lipinski definition) is 2. The van der Waals surface area contributed by atoms with E-state index in [1.54, 1.807) is 4.90 Å². The maximum Gasteiger partial charge on any atom is 2.00 e. The van der Waals surface area contributed by atoms with Gasteiger partial charge in [0.25, 0.3) is 0 Å². The van der Waals surface area contributed by atoms with Crippen molar-refractivity contribution in [2.24, 2.45) is 0 Å². The second-order valence-corrected chi connectivity index (χ2v) is 4.33. The fraction of sp³-hybridized carbons (Fsp3) is 0.800. The molecule has 0 aromatic heterocycles. The fourth-order valence-corrected chi connectivity index (χ4v) is 1.26. The Morgan fingerprint density at radius 3 is 2.13 bits per heavy atom. The summed E-state index contributed by atoms with van der Waals surface area (Å²) in [6, 6.07) is 0. The number of nitrogens with zero attached hydrogens (tertiary/aromatic N) is 1. The van der Waals surface area contributed by atoms with Crippen LogP contribution < -0.4 is 17.0 Å². The number of carbonyl (C=O) groups is 1. The largest absolute Gasteiger partial charge is 2.00 e. The quantitative estimate of drug-likeness (QED) is 0.416. The van der Waals surface area contributed by atoms with E-state index in [0.717, 1.165) is 25.9 Å². The molecule has 0 bridgehead atoms. The van der Waals surface area contributed by atoms with Crippen molar-refractivity contribution in [3.05, 3.63) is 6.42 Å². The first kappa shape index (κ1) is 17.9. The molecule has 84 valence electrons. The molecule has 0 aromatic carbocycles. The van der Waals surface area contributed by atoms with E-state index in [2.05, 4.69) is 6.42 Å². The first-order valence-corrected chi connectivity index (χ1v) is 4.78. The Bertz CT molecular complexity index is 188. The van der Waals surface area contributed by atoms with Gasteiger partial charge in [0.2, 0.25) is 0 Å². The van der Waals surface area contributed by atoms with Crippen LogP contribution in [0.5, 0.6) is 0 Å². The van der Waals surface area contributed by atoms with Gasteiger partial charge in [-0.05, 0) is 33.9 Å². The van der Waals surface area contributed by atoms with E-state index in [-0.39, 0.29) is 51.7 Å². The van der Waals surface area contributed by atoms with Crippen LogP contribution in [-0.4, -0.2) is 52.7 Å². The van der Waals surface area contributed by atoms with Crippen LogP contribution in [0.4, 0.5) is 4.79 Å². The summed E-state index contributed by atoms with van der Waals surface area (Å²) in [5, 5.41) is 0. The summed E-state index contributed by atoms with van der Waals surface area (Å²) in [6.07, 6.45) is 4.00. The summed E-state index contributed by atoms with van der Waals surface area (Å²) in [5.41, 5.74) is -0.377. The predicted octanol–water partition coefficient (Wildman–Crippen LogP) is -1.16. The third-order valence-corrected chi connectivity index (χ3v) is 1.86. The van der Waals surface area contributed by atoms with Crippen LogP contribution in [0.15, 0.2) is 0 Å². The van der Waals surface area contributed by atoms with Gasteiger partial charge in [0.05, 0.1) is 0 Å². The smallest absolute Gasteiger partial charge is 1.00 e. The van der Waals surface area contributed by atoms with Crippen molar-refractivity contribution >= 4 is 29.1 Å². The maximum atomic E-state index is 11.5. The molecule has 0 saturated carbocycles. The van der Waals surface area contributed by atoms with Gasteiger partial charge in [-0.15, -0.1) is 0 Å². The zero-order chi connectivity index (χ0) is 9.90. The summed E-state index contributed by atoms with van der Waals surface area (Å²) in [6.45, 7) is 7.27. The Hall–Kier alpha value is 0.516. The number of carbonyl (C=O) groups excluding carboxylic acids is 1. The first-order chi connectivity index (χ1) is 5.99. The summed E-state index contributed by atoms with van der Waals surface area (Å²) in [5.74, 6) is 0.